The molecule has 2 aromatic carbocycles. The maximum absolute atomic E-state index is 13.3. The third kappa shape index (κ3) is 4.36. The molecule has 2 aromatic rings. The molecule has 0 heterocycles. The SMILES string of the molecule is CC(NCC(CCO)c1ccccc1)c1ccc(F)c(F)c1. The highest BCUT2D eigenvalue weighted by atomic mass is 19.2. The predicted octanol–water partition coefficient (Wildman–Crippen LogP) is 3.78. The van der Waals surface area contributed by atoms with Crippen molar-refractivity contribution < 1.29 is 13.9 Å². The monoisotopic (exact) mass is 305 g/mol. The van der Waals surface area contributed by atoms with Crippen LogP contribution in [0.25, 0.3) is 0 Å². The van der Waals surface area contributed by atoms with Gasteiger partial charge in [-0.25, -0.2) is 8.78 Å². The molecule has 2 unspecified atom stereocenters. The molecule has 0 fully saturated rings. The van der Waals surface area contributed by atoms with Gasteiger partial charge in [0.1, 0.15) is 0 Å². The first kappa shape index (κ1) is 16.6. The number of nitrogens with one attached hydrogen (secondary N) is 1. The highest BCUT2D eigenvalue weighted by Gasteiger charge is 2.14. The number of halogens is 2. The van der Waals surface area contributed by atoms with E-state index in [0.29, 0.717) is 18.5 Å². The van der Waals surface area contributed by atoms with Crippen LogP contribution in [0.5, 0.6) is 0 Å². The second-order valence-corrected chi connectivity index (χ2v) is 5.42. The molecule has 0 aliphatic heterocycles. The number of aliphatic hydroxyl groups excluding tert-OH is 1. The summed E-state index contributed by atoms with van der Waals surface area (Å²) in [5, 5.41) is 12.6. The Morgan fingerprint density at radius 3 is 2.36 bits per heavy atom. The Balaban J connectivity index is 2.01. The van der Waals surface area contributed by atoms with Gasteiger partial charge in [-0.1, -0.05) is 36.4 Å². The molecule has 0 aliphatic rings. The van der Waals surface area contributed by atoms with Crippen molar-refractivity contribution in [2.75, 3.05) is 13.2 Å². The zero-order chi connectivity index (χ0) is 15.9. The van der Waals surface area contributed by atoms with Gasteiger partial charge in [0.2, 0.25) is 0 Å². The van der Waals surface area contributed by atoms with E-state index in [9.17, 15) is 13.9 Å². The van der Waals surface area contributed by atoms with Crippen molar-refractivity contribution in [3.8, 4) is 0 Å². The molecule has 2 atom stereocenters. The van der Waals surface area contributed by atoms with Crippen LogP contribution in [0, 0.1) is 11.6 Å². The average molecular weight is 305 g/mol. The van der Waals surface area contributed by atoms with E-state index >= 15 is 0 Å². The molecule has 118 valence electrons. The van der Waals surface area contributed by atoms with Crippen LogP contribution in [0.15, 0.2) is 48.5 Å². The van der Waals surface area contributed by atoms with Crippen molar-refractivity contribution in [1.82, 2.24) is 5.32 Å². The van der Waals surface area contributed by atoms with E-state index in [0.717, 1.165) is 11.6 Å². The van der Waals surface area contributed by atoms with E-state index in [2.05, 4.69) is 5.32 Å². The Kier molecular flexibility index (Phi) is 6.04. The Morgan fingerprint density at radius 2 is 1.73 bits per heavy atom. The summed E-state index contributed by atoms with van der Waals surface area (Å²) >= 11 is 0. The molecule has 4 heteroatoms. The van der Waals surface area contributed by atoms with Gasteiger partial charge >= 0.3 is 0 Å². The Labute approximate surface area is 129 Å². The number of aliphatic hydroxyl groups is 1. The molecule has 22 heavy (non-hydrogen) atoms. The largest absolute Gasteiger partial charge is 0.396 e. The highest BCUT2D eigenvalue weighted by Crippen LogP contribution is 2.21. The normalized spacial score (nSPS) is 13.8. The standard InChI is InChI=1S/C18H21F2NO/c1-13(15-7-8-17(19)18(20)11-15)21-12-16(9-10-22)14-5-3-2-4-6-14/h2-8,11,13,16,21-22H,9-10,12H2,1H3. The van der Waals surface area contributed by atoms with Gasteiger partial charge in [0.15, 0.2) is 11.6 Å². The molecular weight excluding hydrogens is 284 g/mol. The van der Waals surface area contributed by atoms with E-state index in [-0.39, 0.29) is 18.6 Å². The first-order valence-corrected chi connectivity index (χ1v) is 7.46. The lowest BCUT2D eigenvalue weighted by molar-refractivity contribution is 0.272. The number of hydrogen-bond acceptors (Lipinski definition) is 2. The quantitative estimate of drug-likeness (QED) is 0.816. The molecule has 2 N–H and O–H groups in total. The summed E-state index contributed by atoms with van der Waals surface area (Å²) in [5.41, 5.74) is 1.86. The van der Waals surface area contributed by atoms with Gasteiger partial charge in [-0.05, 0) is 42.5 Å². The summed E-state index contributed by atoms with van der Waals surface area (Å²) in [7, 11) is 0. The second kappa shape index (κ2) is 8.01. The Hall–Kier alpha value is -1.78. The van der Waals surface area contributed by atoms with Crippen LogP contribution in [-0.2, 0) is 0 Å². The van der Waals surface area contributed by atoms with Gasteiger partial charge in [-0.3, -0.25) is 0 Å². The van der Waals surface area contributed by atoms with Crippen LogP contribution in [0.3, 0.4) is 0 Å². The van der Waals surface area contributed by atoms with Crippen LogP contribution in [0.4, 0.5) is 8.78 Å². The van der Waals surface area contributed by atoms with E-state index in [1.54, 1.807) is 6.07 Å². The minimum Gasteiger partial charge on any atom is -0.396 e. The van der Waals surface area contributed by atoms with Crippen LogP contribution in [0.2, 0.25) is 0 Å². The second-order valence-electron chi connectivity index (χ2n) is 5.42. The van der Waals surface area contributed by atoms with Crippen LogP contribution in [0.1, 0.15) is 36.4 Å². The topological polar surface area (TPSA) is 32.3 Å². The Bertz CT molecular complexity index is 589. The van der Waals surface area contributed by atoms with Gasteiger partial charge in [-0.15, -0.1) is 0 Å². The molecule has 0 bridgehead atoms. The van der Waals surface area contributed by atoms with Crippen molar-refractivity contribution in [2.45, 2.75) is 25.3 Å². The van der Waals surface area contributed by atoms with Crippen molar-refractivity contribution in [3.05, 3.63) is 71.3 Å². The molecule has 0 spiro atoms. The van der Waals surface area contributed by atoms with Crippen molar-refractivity contribution in [3.63, 3.8) is 0 Å². The number of hydrogen-bond donors (Lipinski definition) is 2. The average Bonchev–Trinajstić information content (AvgIpc) is 2.54. The molecule has 0 amide bonds. The van der Waals surface area contributed by atoms with Crippen LogP contribution < -0.4 is 5.32 Å². The van der Waals surface area contributed by atoms with Crippen LogP contribution >= 0.6 is 0 Å². The zero-order valence-electron chi connectivity index (χ0n) is 12.6. The fourth-order valence-corrected chi connectivity index (χ4v) is 2.49. The third-order valence-electron chi connectivity index (χ3n) is 3.86. The zero-order valence-corrected chi connectivity index (χ0v) is 12.6. The van der Waals surface area contributed by atoms with E-state index in [4.69, 9.17) is 0 Å². The maximum atomic E-state index is 13.3. The van der Waals surface area contributed by atoms with E-state index < -0.39 is 11.6 Å². The van der Waals surface area contributed by atoms with Gasteiger partial charge in [0, 0.05) is 19.2 Å². The minimum absolute atomic E-state index is 0.0972. The molecule has 0 aromatic heterocycles. The number of rotatable bonds is 7. The molecule has 2 nitrogen and oxygen atoms in total. The Morgan fingerprint density at radius 1 is 1.00 bits per heavy atom. The van der Waals surface area contributed by atoms with Gasteiger partial charge < -0.3 is 10.4 Å². The lowest BCUT2D eigenvalue weighted by Crippen LogP contribution is -2.25. The summed E-state index contributed by atoms with van der Waals surface area (Å²) in [5.74, 6) is -1.49. The molecule has 0 saturated carbocycles. The summed E-state index contributed by atoms with van der Waals surface area (Å²) in [6, 6.07) is 13.8. The van der Waals surface area contributed by atoms with E-state index in [1.807, 2.05) is 37.3 Å². The lowest BCUT2D eigenvalue weighted by Gasteiger charge is -2.21. The predicted molar refractivity (Wildman–Crippen MR) is 83.7 cm³/mol. The van der Waals surface area contributed by atoms with Gasteiger partial charge in [-0.2, -0.15) is 0 Å². The molecule has 2 rings (SSSR count). The lowest BCUT2D eigenvalue weighted by atomic mass is 9.95. The summed E-state index contributed by atoms with van der Waals surface area (Å²) in [4.78, 5) is 0. The molecular formula is C18H21F2NO. The fraction of sp³-hybridized carbons (Fsp3) is 0.333. The fourth-order valence-electron chi connectivity index (χ4n) is 2.49. The first-order chi connectivity index (χ1) is 10.6. The van der Waals surface area contributed by atoms with Gasteiger partial charge in [0.05, 0.1) is 0 Å². The molecule has 0 saturated heterocycles. The minimum atomic E-state index is -0.835. The van der Waals surface area contributed by atoms with Gasteiger partial charge in [0.25, 0.3) is 0 Å². The smallest absolute Gasteiger partial charge is 0.159 e. The maximum Gasteiger partial charge on any atom is 0.159 e. The molecule has 0 radical (unpaired) electrons. The summed E-state index contributed by atoms with van der Waals surface area (Å²) < 4.78 is 26.3. The van der Waals surface area contributed by atoms with Crippen molar-refractivity contribution in [1.29, 1.82) is 0 Å². The first-order valence-electron chi connectivity index (χ1n) is 7.46. The molecule has 0 aliphatic carbocycles. The van der Waals surface area contributed by atoms with Crippen LogP contribution in [-0.4, -0.2) is 18.3 Å². The highest BCUT2D eigenvalue weighted by molar-refractivity contribution is 5.22. The summed E-state index contributed by atoms with van der Waals surface area (Å²) in [6.07, 6.45) is 0.654. The van der Waals surface area contributed by atoms with E-state index in [1.165, 1.54) is 6.07 Å². The van der Waals surface area contributed by atoms with Crippen molar-refractivity contribution in [2.24, 2.45) is 0 Å². The summed E-state index contributed by atoms with van der Waals surface area (Å²) in [6.45, 7) is 2.68. The third-order valence-corrected chi connectivity index (χ3v) is 3.86. The van der Waals surface area contributed by atoms with Crippen molar-refractivity contribution >= 4 is 0 Å². The number of benzene rings is 2.